The van der Waals surface area contributed by atoms with Crippen molar-refractivity contribution in [3.8, 4) is 40.4 Å². The van der Waals surface area contributed by atoms with Crippen molar-refractivity contribution in [2.24, 2.45) is 0 Å². The number of rotatable bonds is 4. The molecule has 0 saturated heterocycles. The first-order chi connectivity index (χ1) is 18.6. The monoisotopic (exact) mass is 503 g/mol. The highest BCUT2D eigenvalue weighted by Gasteiger charge is 2.34. The van der Waals surface area contributed by atoms with Crippen molar-refractivity contribution < 1.29 is 19.3 Å². The molecule has 0 radical (unpaired) electrons. The normalized spacial score (nSPS) is 14.1. The third-order valence-corrected chi connectivity index (χ3v) is 6.76. The summed E-state index contributed by atoms with van der Waals surface area (Å²) in [4.78, 5) is 14.2. The first kappa shape index (κ1) is 22.1. The zero-order valence-corrected chi connectivity index (χ0v) is 20.5. The van der Waals surface area contributed by atoms with E-state index in [1.807, 2.05) is 60.7 Å². The molecule has 6 aromatic rings. The lowest BCUT2D eigenvalue weighted by Gasteiger charge is -2.28. The van der Waals surface area contributed by atoms with E-state index in [1.165, 1.54) is 0 Å². The number of aromatic nitrogens is 5. The van der Waals surface area contributed by atoms with Crippen LogP contribution in [0, 0.1) is 0 Å². The molecule has 1 aliphatic rings. The number of nitrogens with zero attached hydrogens (tertiary/aromatic N) is 5. The Morgan fingerprint density at radius 3 is 2.63 bits per heavy atom. The second-order valence-corrected chi connectivity index (χ2v) is 8.93. The first-order valence-electron chi connectivity index (χ1n) is 12.0. The topological polar surface area (TPSA) is 104 Å². The average molecular weight is 504 g/mol. The summed E-state index contributed by atoms with van der Waals surface area (Å²) in [7, 11) is 3.21. The van der Waals surface area contributed by atoms with E-state index in [-0.39, 0.29) is 11.7 Å². The fourth-order valence-corrected chi connectivity index (χ4v) is 4.98. The van der Waals surface area contributed by atoms with Gasteiger partial charge in [0.15, 0.2) is 17.1 Å². The zero-order valence-electron chi connectivity index (χ0n) is 20.5. The molecule has 0 amide bonds. The standard InChI is InChI=1S/C29H21N5O4/c1-36-22-12-8-17(13-24(22)37-2)25-19-10-9-18(35)14-23(19)38-29-26(25)28-32-27(33-34(28)15-30-29)21-11-7-16-5-3-4-6-20(16)31-21/h3-15,25,35H,1-2H3/t25-/m1/s1. The van der Waals surface area contributed by atoms with E-state index in [0.717, 1.165) is 27.6 Å². The molecule has 1 atom stereocenters. The van der Waals surface area contributed by atoms with Crippen molar-refractivity contribution in [3.05, 3.63) is 95.8 Å². The number of pyridine rings is 1. The molecule has 186 valence electrons. The molecule has 0 unspecified atom stereocenters. The summed E-state index contributed by atoms with van der Waals surface area (Å²) in [6, 6.07) is 22.7. The number of phenols is 1. The molecule has 7 rings (SSSR count). The van der Waals surface area contributed by atoms with Gasteiger partial charge in [-0.25, -0.2) is 19.5 Å². The van der Waals surface area contributed by atoms with Crippen molar-refractivity contribution in [2.45, 2.75) is 5.92 Å². The molecule has 38 heavy (non-hydrogen) atoms. The van der Waals surface area contributed by atoms with Gasteiger partial charge in [0, 0.05) is 22.9 Å². The number of phenolic OH excluding ortho intramolecular Hbond substituents is 1. The minimum absolute atomic E-state index is 0.103. The molecule has 4 heterocycles. The maximum Gasteiger partial charge on any atom is 0.228 e. The van der Waals surface area contributed by atoms with Crippen LogP contribution in [0.2, 0.25) is 0 Å². The van der Waals surface area contributed by atoms with Gasteiger partial charge >= 0.3 is 0 Å². The highest BCUT2D eigenvalue weighted by atomic mass is 16.5. The van der Waals surface area contributed by atoms with Crippen LogP contribution in [-0.4, -0.2) is 43.9 Å². The van der Waals surface area contributed by atoms with Crippen molar-refractivity contribution in [1.29, 1.82) is 0 Å². The summed E-state index contributed by atoms with van der Waals surface area (Å²) < 4.78 is 18.9. The van der Waals surface area contributed by atoms with Crippen molar-refractivity contribution in [3.63, 3.8) is 0 Å². The van der Waals surface area contributed by atoms with Gasteiger partial charge in [-0.2, -0.15) is 0 Å². The van der Waals surface area contributed by atoms with Crippen LogP contribution in [0.15, 0.2) is 79.1 Å². The van der Waals surface area contributed by atoms with Gasteiger partial charge in [0.2, 0.25) is 11.7 Å². The highest BCUT2D eigenvalue weighted by Crippen LogP contribution is 2.49. The van der Waals surface area contributed by atoms with Crippen LogP contribution >= 0.6 is 0 Å². The summed E-state index contributed by atoms with van der Waals surface area (Å²) in [5, 5.41) is 15.9. The Morgan fingerprint density at radius 1 is 0.895 bits per heavy atom. The van der Waals surface area contributed by atoms with Gasteiger partial charge < -0.3 is 19.3 Å². The molecule has 3 aromatic heterocycles. The minimum atomic E-state index is -0.327. The Morgan fingerprint density at radius 2 is 1.76 bits per heavy atom. The van der Waals surface area contributed by atoms with Gasteiger partial charge in [-0.1, -0.05) is 36.4 Å². The van der Waals surface area contributed by atoms with E-state index in [4.69, 9.17) is 29.3 Å². The average Bonchev–Trinajstić information content (AvgIpc) is 3.40. The lowest BCUT2D eigenvalue weighted by Crippen LogP contribution is -2.15. The molecule has 0 fully saturated rings. The van der Waals surface area contributed by atoms with Gasteiger partial charge in [-0.05, 0) is 35.9 Å². The van der Waals surface area contributed by atoms with Crippen LogP contribution in [0.1, 0.15) is 22.6 Å². The second kappa shape index (κ2) is 8.45. The van der Waals surface area contributed by atoms with Crippen LogP contribution in [0.3, 0.4) is 0 Å². The summed E-state index contributed by atoms with van der Waals surface area (Å²) in [6.45, 7) is 0. The summed E-state index contributed by atoms with van der Waals surface area (Å²) in [5.41, 5.74) is 4.64. The number of ether oxygens (including phenoxy) is 3. The van der Waals surface area contributed by atoms with Crippen LogP contribution in [0.5, 0.6) is 28.9 Å². The van der Waals surface area contributed by atoms with E-state index in [9.17, 15) is 5.11 Å². The maximum atomic E-state index is 10.1. The zero-order chi connectivity index (χ0) is 25.8. The molecule has 0 spiro atoms. The van der Waals surface area contributed by atoms with Crippen molar-refractivity contribution >= 4 is 16.6 Å². The summed E-state index contributed by atoms with van der Waals surface area (Å²) in [5.74, 6) is 2.39. The van der Waals surface area contributed by atoms with E-state index < -0.39 is 0 Å². The highest BCUT2D eigenvalue weighted by molar-refractivity contribution is 5.81. The molecular formula is C29H21N5O4. The number of hydrogen-bond donors (Lipinski definition) is 1. The number of para-hydroxylation sites is 1. The largest absolute Gasteiger partial charge is 0.508 e. The number of aromatic hydroxyl groups is 1. The summed E-state index contributed by atoms with van der Waals surface area (Å²) >= 11 is 0. The first-order valence-corrected chi connectivity index (χ1v) is 12.0. The number of methoxy groups -OCH3 is 2. The van der Waals surface area contributed by atoms with E-state index >= 15 is 0 Å². The maximum absolute atomic E-state index is 10.1. The lowest BCUT2D eigenvalue weighted by molar-refractivity contribution is 0.354. The minimum Gasteiger partial charge on any atom is -0.508 e. The Kier molecular flexibility index (Phi) is 4.90. The van der Waals surface area contributed by atoms with Gasteiger partial charge in [0.25, 0.3) is 0 Å². The molecular weight excluding hydrogens is 482 g/mol. The molecule has 0 aliphatic carbocycles. The van der Waals surface area contributed by atoms with E-state index in [2.05, 4.69) is 4.98 Å². The summed E-state index contributed by atoms with van der Waals surface area (Å²) in [6.07, 6.45) is 1.57. The van der Waals surface area contributed by atoms with Crippen LogP contribution in [0.4, 0.5) is 0 Å². The van der Waals surface area contributed by atoms with Crippen molar-refractivity contribution in [2.75, 3.05) is 14.2 Å². The van der Waals surface area contributed by atoms with Gasteiger partial charge in [0.1, 0.15) is 23.5 Å². The second-order valence-electron chi connectivity index (χ2n) is 8.93. The number of fused-ring (bicyclic) bond motifs is 5. The van der Waals surface area contributed by atoms with Gasteiger partial charge in [-0.15, -0.1) is 5.10 Å². The third-order valence-electron chi connectivity index (χ3n) is 6.76. The Bertz CT molecular complexity index is 1870. The Balaban J connectivity index is 1.45. The molecule has 9 heteroatoms. The molecule has 3 aromatic carbocycles. The molecule has 0 saturated carbocycles. The third kappa shape index (κ3) is 3.40. The smallest absolute Gasteiger partial charge is 0.228 e. The number of hydrogen-bond acceptors (Lipinski definition) is 8. The van der Waals surface area contributed by atoms with Gasteiger partial charge in [0.05, 0.1) is 25.3 Å². The van der Waals surface area contributed by atoms with E-state index in [0.29, 0.717) is 40.3 Å². The van der Waals surface area contributed by atoms with Gasteiger partial charge in [-0.3, -0.25) is 0 Å². The molecule has 0 bridgehead atoms. The lowest BCUT2D eigenvalue weighted by atomic mass is 9.83. The Labute approximate surface area is 216 Å². The van der Waals surface area contributed by atoms with Crippen LogP contribution < -0.4 is 14.2 Å². The molecule has 9 nitrogen and oxygen atoms in total. The fraction of sp³-hybridized carbons (Fsp3) is 0.103. The quantitative estimate of drug-likeness (QED) is 0.343. The van der Waals surface area contributed by atoms with Crippen LogP contribution in [-0.2, 0) is 0 Å². The fourth-order valence-electron chi connectivity index (χ4n) is 4.98. The van der Waals surface area contributed by atoms with Crippen molar-refractivity contribution in [1.82, 2.24) is 24.6 Å². The van der Waals surface area contributed by atoms with E-state index in [1.54, 1.807) is 37.2 Å². The Hall–Kier alpha value is -5.18. The predicted octanol–water partition coefficient (Wildman–Crippen LogP) is 5.35. The number of benzene rings is 3. The molecule has 1 aliphatic heterocycles. The SMILES string of the molecule is COc1ccc([C@@H]2c3ccc(O)cc3Oc3ncn4nc(-c5ccc6ccccc6n5)nc4c32)cc1OC. The van der Waals surface area contributed by atoms with Crippen LogP contribution in [0.25, 0.3) is 28.1 Å². The predicted molar refractivity (Wildman–Crippen MR) is 140 cm³/mol. The molecule has 1 N–H and O–H groups in total.